The van der Waals surface area contributed by atoms with Crippen molar-refractivity contribution in [2.24, 2.45) is 11.5 Å². The molecule has 1 rings (SSSR count). The van der Waals surface area contributed by atoms with Crippen LogP contribution in [0.4, 0.5) is 0 Å². The molecule has 0 bridgehead atoms. The molecule has 0 spiro atoms. The number of hydrogen-bond acceptors (Lipinski definition) is 8. The smallest absolute Gasteiger partial charge is 0.326 e. The predicted octanol–water partition coefficient (Wildman–Crippen LogP) is -4.11. The van der Waals surface area contributed by atoms with Gasteiger partial charge in [0.05, 0.1) is 18.9 Å². The molecule has 1 saturated heterocycles. The van der Waals surface area contributed by atoms with Gasteiger partial charge in [-0.3, -0.25) is 28.8 Å². The first kappa shape index (κ1) is 27.3. The summed E-state index contributed by atoms with van der Waals surface area (Å²) in [6.45, 7) is 0.598. The van der Waals surface area contributed by atoms with E-state index in [1.165, 1.54) is 0 Å². The second-order valence-corrected chi connectivity index (χ2v) is 7.44. The maximum atomic E-state index is 12.7. The van der Waals surface area contributed by atoms with Crippen LogP contribution in [0, 0.1) is 0 Å². The van der Waals surface area contributed by atoms with Gasteiger partial charge in [0.1, 0.15) is 18.1 Å². The summed E-state index contributed by atoms with van der Waals surface area (Å²) in [7, 11) is 0. The van der Waals surface area contributed by atoms with Gasteiger partial charge in [-0.25, -0.2) is 4.79 Å². The van der Waals surface area contributed by atoms with E-state index in [1.54, 1.807) is 0 Å². The summed E-state index contributed by atoms with van der Waals surface area (Å²) in [5, 5.41) is 27.5. The third-order valence-corrected chi connectivity index (χ3v) is 4.71. The molecule has 1 fully saturated rings. The van der Waals surface area contributed by atoms with Gasteiger partial charge in [0, 0.05) is 6.42 Å². The number of hydrogen-bond donors (Lipinski definition) is 8. The van der Waals surface area contributed by atoms with Gasteiger partial charge in [0.2, 0.25) is 29.5 Å². The lowest BCUT2D eigenvalue weighted by atomic mass is 10.1. The van der Waals surface area contributed by atoms with E-state index in [1.807, 2.05) is 5.32 Å². The van der Waals surface area contributed by atoms with Crippen LogP contribution in [0.2, 0.25) is 0 Å². The van der Waals surface area contributed by atoms with Crippen molar-refractivity contribution in [2.75, 3.05) is 6.54 Å². The van der Waals surface area contributed by atoms with E-state index in [4.69, 9.17) is 21.7 Å². The van der Waals surface area contributed by atoms with Crippen LogP contribution in [-0.4, -0.2) is 82.4 Å². The van der Waals surface area contributed by atoms with E-state index in [2.05, 4.69) is 16.0 Å². The van der Waals surface area contributed by atoms with Gasteiger partial charge < -0.3 is 42.9 Å². The number of carboxylic acid groups (broad SMARTS) is 2. The van der Waals surface area contributed by atoms with Crippen molar-refractivity contribution >= 4 is 41.5 Å². The molecular formula is C18H28N6O9. The lowest BCUT2D eigenvalue weighted by Gasteiger charge is -2.24. The normalized spacial score (nSPS) is 17.8. The van der Waals surface area contributed by atoms with E-state index in [0.29, 0.717) is 13.0 Å². The highest BCUT2D eigenvalue weighted by Gasteiger charge is 2.32. The molecule has 5 amide bonds. The summed E-state index contributed by atoms with van der Waals surface area (Å²) in [5.41, 5.74) is 10.0. The summed E-state index contributed by atoms with van der Waals surface area (Å²) in [4.78, 5) is 82.2. The number of rotatable bonds is 14. The molecule has 0 aromatic rings. The third kappa shape index (κ3) is 9.94. The Morgan fingerprint density at radius 2 is 1.39 bits per heavy atom. The maximum absolute atomic E-state index is 12.7. The van der Waals surface area contributed by atoms with Crippen LogP contribution in [0.3, 0.4) is 0 Å². The minimum absolute atomic E-state index is 0.316. The molecule has 15 nitrogen and oxygen atoms in total. The molecule has 1 heterocycles. The molecule has 15 heteroatoms. The van der Waals surface area contributed by atoms with Crippen LogP contribution < -0.4 is 32.7 Å². The molecule has 4 atom stereocenters. The fourth-order valence-corrected chi connectivity index (χ4v) is 3.07. The Bertz CT molecular complexity index is 796. The Morgan fingerprint density at radius 3 is 1.88 bits per heavy atom. The van der Waals surface area contributed by atoms with Crippen molar-refractivity contribution < 1.29 is 43.8 Å². The van der Waals surface area contributed by atoms with Crippen LogP contribution in [0.25, 0.3) is 0 Å². The molecule has 1 aliphatic heterocycles. The quantitative estimate of drug-likeness (QED) is 0.121. The summed E-state index contributed by atoms with van der Waals surface area (Å²) in [6.07, 6.45) is -1.02. The number of aliphatic carboxylic acids is 2. The average Bonchev–Trinajstić information content (AvgIpc) is 3.23. The lowest BCUT2D eigenvalue weighted by molar-refractivity contribution is -0.144. The Morgan fingerprint density at radius 1 is 0.848 bits per heavy atom. The van der Waals surface area contributed by atoms with Gasteiger partial charge in [-0.1, -0.05) is 0 Å². The molecule has 1 aliphatic rings. The van der Waals surface area contributed by atoms with Gasteiger partial charge in [-0.05, 0) is 25.8 Å². The van der Waals surface area contributed by atoms with Gasteiger partial charge in [0.15, 0.2) is 0 Å². The van der Waals surface area contributed by atoms with Gasteiger partial charge >= 0.3 is 11.9 Å². The van der Waals surface area contributed by atoms with Gasteiger partial charge in [0.25, 0.3) is 0 Å². The second kappa shape index (κ2) is 12.9. The number of carboxylic acids is 2. The first-order valence-corrected chi connectivity index (χ1v) is 10.1. The molecule has 0 saturated carbocycles. The van der Waals surface area contributed by atoms with Crippen molar-refractivity contribution in [1.82, 2.24) is 21.3 Å². The van der Waals surface area contributed by atoms with Gasteiger partial charge in [-0.2, -0.15) is 0 Å². The number of nitrogens with one attached hydrogen (secondary N) is 4. The van der Waals surface area contributed by atoms with Gasteiger partial charge in [-0.15, -0.1) is 0 Å². The number of carbonyl (C=O) groups is 7. The molecule has 33 heavy (non-hydrogen) atoms. The average molecular weight is 472 g/mol. The molecular weight excluding hydrogens is 444 g/mol. The van der Waals surface area contributed by atoms with E-state index in [9.17, 15) is 33.6 Å². The highest BCUT2D eigenvalue weighted by atomic mass is 16.4. The molecule has 4 unspecified atom stereocenters. The monoisotopic (exact) mass is 472 g/mol. The highest BCUT2D eigenvalue weighted by molar-refractivity contribution is 5.96. The van der Waals surface area contributed by atoms with Crippen LogP contribution >= 0.6 is 0 Å². The Hall–Kier alpha value is -3.75. The molecule has 0 aromatic heterocycles. The predicted molar refractivity (Wildman–Crippen MR) is 109 cm³/mol. The fraction of sp³-hybridized carbons (Fsp3) is 0.611. The summed E-state index contributed by atoms with van der Waals surface area (Å²) < 4.78 is 0. The number of carbonyl (C=O) groups excluding carboxylic acids is 5. The van der Waals surface area contributed by atoms with E-state index in [-0.39, 0.29) is 6.42 Å². The highest BCUT2D eigenvalue weighted by Crippen LogP contribution is 2.07. The zero-order valence-electron chi connectivity index (χ0n) is 17.7. The minimum Gasteiger partial charge on any atom is -0.481 e. The Labute approximate surface area is 188 Å². The zero-order chi connectivity index (χ0) is 25.1. The molecule has 0 aliphatic carbocycles. The van der Waals surface area contributed by atoms with Crippen molar-refractivity contribution in [3.63, 3.8) is 0 Å². The maximum Gasteiger partial charge on any atom is 0.326 e. The third-order valence-electron chi connectivity index (χ3n) is 4.71. The number of primary amides is 2. The SMILES string of the molecule is NC(=O)CC(NC(=O)C(CC(N)=O)NC(=O)C(CCC(=O)O)NC(=O)C1CCCN1)C(=O)O. The molecule has 10 N–H and O–H groups in total. The lowest BCUT2D eigenvalue weighted by Crippen LogP contribution is -2.58. The largest absolute Gasteiger partial charge is 0.481 e. The standard InChI is InChI=1S/C18H28N6O9/c19-12(25)6-10(17(31)24-11(18(32)33)7-13(20)26)23-16(30)9(3-4-14(27)28)22-15(29)8-2-1-5-21-8/h8-11,21H,1-7H2,(H2,19,25)(H2,20,26)(H,22,29)(H,23,30)(H,24,31)(H,27,28)(H,32,33). The topological polar surface area (TPSA) is 260 Å². The summed E-state index contributed by atoms with van der Waals surface area (Å²) >= 11 is 0. The van der Waals surface area contributed by atoms with Crippen LogP contribution in [0.1, 0.15) is 38.5 Å². The number of amides is 5. The number of nitrogens with two attached hydrogens (primary N) is 2. The van der Waals surface area contributed by atoms with Crippen molar-refractivity contribution in [1.29, 1.82) is 0 Å². The van der Waals surface area contributed by atoms with Crippen molar-refractivity contribution in [3.8, 4) is 0 Å². The zero-order valence-corrected chi connectivity index (χ0v) is 17.7. The summed E-state index contributed by atoms with van der Waals surface area (Å²) in [6, 6.07) is -5.31. The molecule has 184 valence electrons. The van der Waals surface area contributed by atoms with E-state index in [0.717, 1.165) is 6.42 Å². The van der Waals surface area contributed by atoms with Crippen LogP contribution in [-0.2, 0) is 33.6 Å². The summed E-state index contributed by atoms with van der Waals surface area (Å²) in [5.74, 6) is -7.51. The van der Waals surface area contributed by atoms with Crippen molar-refractivity contribution in [2.45, 2.75) is 62.7 Å². The van der Waals surface area contributed by atoms with E-state index >= 15 is 0 Å². The van der Waals surface area contributed by atoms with E-state index < -0.39 is 84.9 Å². The first-order chi connectivity index (χ1) is 15.4. The molecule has 0 radical (unpaired) electrons. The van der Waals surface area contributed by atoms with Crippen LogP contribution in [0.5, 0.6) is 0 Å². The molecule has 0 aromatic carbocycles. The van der Waals surface area contributed by atoms with Crippen LogP contribution in [0.15, 0.2) is 0 Å². The Kier molecular flexibility index (Phi) is 10.7. The first-order valence-electron chi connectivity index (χ1n) is 10.1. The minimum atomic E-state index is -1.72. The second-order valence-electron chi connectivity index (χ2n) is 7.44. The van der Waals surface area contributed by atoms with Crippen molar-refractivity contribution in [3.05, 3.63) is 0 Å². The fourth-order valence-electron chi connectivity index (χ4n) is 3.07. The Balaban J connectivity index is 2.96.